The van der Waals surface area contributed by atoms with Crippen molar-refractivity contribution in [3.63, 3.8) is 0 Å². The van der Waals surface area contributed by atoms with Gasteiger partial charge in [0.25, 0.3) is 0 Å². The molecule has 2 atom stereocenters. The summed E-state index contributed by atoms with van der Waals surface area (Å²) in [7, 11) is 0. The van der Waals surface area contributed by atoms with Crippen LogP contribution >= 0.6 is 0 Å². The lowest BCUT2D eigenvalue weighted by Crippen LogP contribution is -2.40. The average molecular weight is 334 g/mol. The second-order valence-corrected chi connectivity index (χ2v) is 7.38. The Kier molecular flexibility index (Phi) is 6.63. The number of hydrogen-bond acceptors (Lipinski definition) is 3. The molecule has 0 bridgehead atoms. The fraction of sp³-hybridized carbons (Fsp3) is 0.632. The zero-order valence-electron chi connectivity index (χ0n) is 15.2. The van der Waals surface area contributed by atoms with Crippen LogP contribution in [0.5, 0.6) is 0 Å². The first-order valence-corrected chi connectivity index (χ1v) is 8.73. The van der Waals surface area contributed by atoms with Crippen LogP contribution in [-0.4, -0.2) is 31.9 Å². The van der Waals surface area contributed by atoms with Crippen molar-refractivity contribution in [2.75, 3.05) is 25.1 Å². The van der Waals surface area contributed by atoms with Crippen molar-refractivity contribution < 1.29 is 14.3 Å². The summed E-state index contributed by atoms with van der Waals surface area (Å²) in [5, 5.41) is 5.87. The predicted molar refractivity (Wildman–Crippen MR) is 96.1 cm³/mol. The summed E-state index contributed by atoms with van der Waals surface area (Å²) in [6.45, 7) is 11.1. The lowest BCUT2D eigenvalue weighted by molar-refractivity contribution is 0.00782. The van der Waals surface area contributed by atoms with Crippen molar-refractivity contribution in [1.29, 1.82) is 0 Å². The van der Waals surface area contributed by atoms with Crippen molar-refractivity contribution in [1.82, 2.24) is 5.32 Å². The molecule has 1 aromatic rings. The third-order valence-electron chi connectivity index (χ3n) is 4.25. The minimum atomic E-state index is -0.178. The Bertz CT molecular complexity index is 540. The smallest absolute Gasteiger partial charge is 0.319 e. The van der Waals surface area contributed by atoms with E-state index < -0.39 is 0 Å². The molecule has 0 unspecified atom stereocenters. The molecule has 5 heteroatoms. The summed E-state index contributed by atoms with van der Waals surface area (Å²) in [6.07, 6.45) is 1.18. The summed E-state index contributed by atoms with van der Waals surface area (Å²) in [6, 6.07) is 7.55. The van der Waals surface area contributed by atoms with Gasteiger partial charge in [-0.15, -0.1) is 0 Å². The molecule has 1 heterocycles. The molecule has 5 nitrogen and oxygen atoms in total. The van der Waals surface area contributed by atoms with Gasteiger partial charge in [0.05, 0.1) is 12.7 Å². The van der Waals surface area contributed by atoms with Gasteiger partial charge >= 0.3 is 6.03 Å². The van der Waals surface area contributed by atoms with E-state index in [-0.39, 0.29) is 17.6 Å². The molecule has 1 aromatic carbocycles. The molecule has 1 aliphatic heterocycles. The lowest BCUT2D eigenvalue weighted by atomic mass is 9.81. The number of amides is 2. The van der Waals surface area contributed by atoms with E-state index in [1.807, 2.05) is 31.2 Å². The first kappa shape index (κ1) is 18.7. The van der Waals surface area contributed by atoms with E-state index in [2.05, 4.69) is 31.4 Å². The number of hydrogen-bond donors (Lipinski definition) is 2. The standard InChI is InChI=1S/C19H30N2O3/c1-5-23-13-14-7-6-8-16(11-14)21-18(22)20-12-15-9-10-24-17(15)19(2,3)4/h6-8,11,15,17H,5,9-10,12-13H2,1-4H3,(H2,20,21,22)/t15-,17+/m1/s1. The van der Waals surface area contributed by atoms with Gasteiger partial charge in [-0.3, -0.25) is 0 Å². The highest BCUT2D eigenvalue weighted by molar-refractivity contribution is 5.89. The Balaban J connectivity index is 1.83. The van der Waals surface area contributed by atoms with Crippen molar-refractivity contribution in [3.8, 4) is 0 Å². The molecule has 1 aliphatic rings. The van der Waals surface area contributed by atoms with E-state index in [0.29, 0.717) is 25.7 Å². The van der Waals surface area contributed by atoms with Crippen LogP contribution < -0.4 is 10.6 Å². The molecule has 134 valence electrons. The van der Waals surface area contributed by atoms with E-state index in [1.54, 1.807) is 0 Å². The quantitative estimate of drug-likeness (QED) is 0.832. The molecule has 1 fully saturated rings. The summed E-state index contributed by atoms with van der Waals surface area (Å²) in [5.41, 5.74) is 1.92. The SMILES string of the molecule is CCOCc1cccc(NC(=O)NC[C@H]2CCO[C@@H]2C(C)(C)C)c1. The third-order valence-corrected chi connectivity index (χ3v) is 4.25. The molecule has 0 saturated carbocycles. The Morgan fingerprint density at radius 1 is 1.38 bits per heavy atom. The predicted octanol–water partition coefficient (Wildman–Crippen LogP) is 3.80. The number of carbonyl (C=O) groups is 1. The number of nitrogens with one attached hydrogen (secondary N) is 2. The molecule has 0 aliphatic carbocycles. The summed E-state index contributed by atoms with van der Waals surface area (Å²) >= 11 is 0. The van der Waals surface area contributed by atoms with Gasteiger partial charge in [0.15, 0.2) is 0 Å². The van der Waals surface area contributed by atoms with Crippen LogP contribution in [-0.2, 0) is 16.1 Å². The summed E-state index contributed by atoms with van der Waals surface area (Å²) < 4.78 is 11.2. The van der Waals surface area contributed by atoms with Crippen LogP contribution in [0.15, 0.2) is 24.3 Å². The van der Waals surface area contributed by atoms with Gasteiger partial charge in [0.1, 0.15) is 0 Å². The maximum absolute atomic E-state index is 12.2. The van der Waals surface area contributed by atoms with Crippen molar-refractivity contribution >= 4 is 11.7 Å². The minimum absolute atomic E-state index is 0.0902. The maximum Gasteiger partial charge on any atom is 0.319 e. The van der Waals surface area contributed by atoms with E-state index in [1.165, 1.54) is 0 Å². The Labute approximate surface area is 145 Å². The third kappa shape index (κ3) is 5.49. The Morgan fingerprint density at radius 3 is 2.88 bits per heavy atom. The topological polar surface area (TPSA) is 59.6 Å². The van der Waals surface area contributed by atoms with Crippen molar-refractivity contribution in [2.24, 2.45) is 11.3 Å². The van der Waals surface area contributed by atoms with Gasteiger partial charge in [0.2, 0.25) is 0 Å². The molecule has 2 rings (SSSR count). The van der Waals surface area contributed by atoms with Crippen LogP contribution in [0.4, 0.5) is 10.5 Å². The normalized spacial score (nSPS) is 20.8. The van der Waals surface area contributed by atoms with Crippen LogP contribution in [0.1, 0.15) is 39.7 Å². The van der Waals surface area contributed by atoms with E-state index in [0.717, 1.165) is 24.3 Å². The van der Waals surface area contributed by atoms with E-state index in [9.17, 15) is 4.79 Å². The largest absolute Gasteiger partial charge is 0.377 e. The lowest BCUT2D eigenvalue weighted by Gasteiger charge is -2.31. The zero-order chi connectivity index (χ0) is 17.6. The van der Waals surface area contributed by atoms with Gasteiger partial charge in [-0.2, -0.15) is 0 Å². The number of benzene rings is 1. The van der Waals surface area contributed by atoms with Crippen LogP contribution in [0.2, 0.25) is 0 Å². The molecule has 2 amide bonds. The van der Waals surface area contributed by atoms with Gasteiger partial charge in [0, 0.05) is 31.4 Å². The summed E-state index contributed by atoms with van der Waals surface area (Å²) in [4.78, 5) is 12.2. The van der Waals surface area contributed by atoms with E-state index >= 15 is 0 Å². The monoisotopic (exact) mass is 334 g/mol. The first-order chi connectivity index (χ1) is 11.4. The molecule has 0 radical (unpaired) electrons. The number of rotatable bonds is 6. The second kappa shape index (κ2) is 8.49. The molecular formula is C19H30N2O3. The van der Waals surface area contributed by atoms with Crippen LogP contribution in [0.25, 0.3) is 0 Å². The number of ether oxygens (including phenoxy) is 2. The zero-order valence-corrected chi connectivity index (χ0v) is 15.2. The fourth-order valence-corrected chi connectivity index (χ4v) is 3.16. The first-order valence-electron chi connectivity index (χ1n) is 8.73. The van der Waals surface area contributed by atoms with Gasteiger partial charge < -0.3 is 20.1 Å². The summed E-state index contributed by atoms with van der Waals surface area (Å²) in [5.74, 6) is 0.361. The number of carbonyl (C=O) groups excluding carboxylic acids is 1. The number of anilines is 1. The molecular weight excluding hydrogens is 304 g/mol. The Hall–Kier alpha value is -1.59. The molecule has 1 saturated heterocycles. The highest BCUT2D eigenvalue weighted by Crippen LogP contribution is 2.34. The maximum atomic E-state index is 12.2. The average Bonchev–Trinajstić information content (AvgIpc) is 3.00. The van der Waals surface area contributed by atoms with Gasteiger partial charge in [-0.1, -0.05) is 32.9 Å². The highest BCUT2D eigenvalue weighted by Gasteiger charge is 2.37. The Morgan fingerprint density at radius 2 is 2.17 bits per heavy atom. The fourth-order valence-electron chi connectivity index (χ4n) is 3.16. The van der Waals surface area contributed by atoms with Crippen LogP contribution in [0, 0.1) is 11.3 Å². The number of urea groups is 1. The second-order valence-electron chi connectivity index (χ2n) is 7.38. The van der Waals surface area contributed by atoms with Crippen LogP contribution in [0.3, 0.4) is 0 Å². The highest BCUT2D eigenvalue weighted by atomic mass is 16.5. The molecule has 0 aromatic heterocycles. The van der Waals surface area contributed by atoms with Crippen molar-refractivity contribution in [2.45, 2.75) is 46.8 Å². The molecule has 0 spiro atoms. The molecule has 24 heavy (non-hydrogen) atoms. The van der Waals surface area contributed by atoms with Crippen molar-refractivity contribution in [3.05, 3.63) is 29.8 Å². The molecule has 2 N–H and O–H groups in total. The van der Waals surface area contributed by atoms with E-state index in [4.69, 9.17) is 9.47 Å². The van der Waals surface area contributed by atoms with Gasteiger partial charge in [-0.05, 0) is 36.5 Å². The van der Waals surface area contributed by atoms with Gasteiger partial charge in [-0.25, -0.2) is 4.79 Å². The minimum Gasteiger partial charge on any atom is -0.377 e.